The second kappa shape index (κ2) is 13.2. The highest BCUT2D eigenvalue weighted by Crippen LogP contribution is 2.24. The van der Waals surface area contributed by atoms with E-state index in [2.05, 4.69) is 10.3 Å². The van der Waals surface area contributed by atoms with E-state index >= 15 is 0 Å². The summed E-state index contributed by atoms with van der Waals surface area (Å²) in [6.45, 7) is 8.91. The van der Waals surface area contributed by atoms with E-state index < -0.39 is 0 Å². The minimum atomic E-state index is -0.179. The number of aromatic nitrogens is 2. The second-order valence-corrected chi connectivity index (χ2v) is 10.8. The number of halogens is 1. The van der Waals surface area contributed by atoms with Gasteiger partial charge in [0.1, 0.15) is 11.4 Å². The molecule has 200 valence electrons. The molecule has 1 N–H and O–H groups in total. The van der Waals surface area contributed by atoms with Crippen molar-refractivity contribution in [1.29, 1.82) is 0 Å². The van der Waals surface area contributed by atoms with Crippen molar-refractivity contribution >= 4 is 51.5 Å². The fourth-order valence-electron chi connectivity index (χ4n) is 4.52. The Labute approximate surface area is 228 Å². The van der Waals surface area contributed by atoms with E-state index in [4.69, 9.17) is 0 Å². The first kappa shape index (κ1) is 28.8. The van der Waals surface area contributed by atoms with Gasteiger partial charge in [0, 0.05) is 49.7 Å². The molecule has 0 atom stereocenters. The third-order valence-electron chi connectivity index (χ3n) is 6.43. The standard InChI is InChI=1S/C27H35N5O3S.ClH/c1-4-21-15-22-26(36-21)29-18-31(27(22)35)17-25(34)30-11-7-12-32(24(33)14-19(2)3)23-9-6-5-8-20(23)16-28-10-13-30;/h5-6,8-9,15,18-19,28H,4,7,10-14,16-17H2,1-3H3;1H. The number of fused-ring (bicyclic) bond motifs is 2. The molecule has 0 radical (unpaired) electrons. The summed E-state index contributed by atoms with van der Waals surface area (Å²) < 4.78 is 1.41. The van der Waals surface area contributed by atoms with Gasteiger partial charge in [0.05, 0.1) is 11.7 Å². The number of carbonyl (C=O) groups is 2. The van der Waals surface area contributed by atoms with Crippen LogP contribution in [0.2, 0.25) is 0 Å². The van der Waals surface area contributed by atoms with Crippen molar-refractivity contribution in [2.24, 2.45) is 5.92 Å². The summed E-state index contributed by atoms with van der Waals surface area (Å²) in [4.78, 5) is 49.3. The van der Waals surface area contributed by atoms with Crippen LogP contribution in [0.4, 0.5) is 5.69 Å². The number of anilines is 1. The molecule has 2 aromatic heterocycles. The van der Waals surface area contributed by atoms with Gasteiger partial charge in [-0.15, -0.1) is 23.7 Å². The Morgan fingerprint density at radius 3 is 2.68 bits per heavy atom. The number of rotatable bonds is 5. The van der Waals surface area contributed by atoms with Crippen LogP contribution < -0.4 is 15.8 Å². The summed E-state index contributed by atoms with van der Waals surface area (Å²) in [5.41, 5.74) is 1.83. The molecule has 3 heterocycles. The zero-order chi connectivity index (χ0) is 25.7. The highest BCUT2D eigenvalue weighted by atomic mass is 35.5. The lowest BCUT2D eigenvalue weighted by Crippen LogP contribution is -2.41. The first-order valence-electron chi connectivity index (χ1n) is 12.7. The molecule has 0 spiro atoms. The SMILES string of the molecule is CCc1cc2c(=O)n(CC(=O)N3CCCN(C(=O)CC(C)C)c4ccccc4CNCC3)cnc2s1.Cl. The van der Waals surface area contributed by atoms with Gasteiger partial charge in [-0.1, -0.05) is 39.0 Å². The molecule has 2 amide bonds. The van der Waals surface area contributed by atoms with Crippen LogP contribution in [0.1, 0.15) is 44.1 Å². The van der Waals surface area contributed by atoms with Gasteiger partial charge in [-0.25, -0.2) is 4.98 Å². The Morgan fingerprint density at radius 2 is 1.92 bits per heavy atom. The highest BCUT2D eigenvalue weighted by Gasteiger charge is 2.22. The summed E-state index contributed by atoms with van der Waals surface area (Å²) in [6.07, 6.45) is 3.46. The summed E-state index contributed by atoms with van der Waals surface area (Å²) in [6, 6.07) is 9.88. The summed E-state index contributed by atoms with van der Waals surface area (Å²) in [5.74, 6) is 0.241. The first-order valence-corrected chi connectivity index (χ1v) is 13.5. The van der Waals surface area contributed by atoms with Gasteiger partial charge in [-0.3, -0.25) is 19.0 Å². The van der Waals surface area contributed by atoms with E-state index in [1.165, 1.54) is 22.2 Å². The average molecular weight is 546 g/mol. The highest BCUT2D eigenvalue weighted by molar-refractivity contribution is 7.18. The van der Waals surface area contributed by atoms with Crippen molar-refractivity contribution in [3.8, 4) is 0 Å². The number of nitrogens with zero attached hydrogens (tertiary/aromatic N) is 4. The minimum Gasteiger partial charge on any atom is -0.340 e. The van der Waals surface area contributed by atoms with Crippen molar-refractivity contribution < 1.29 is 9.59 Å². The van der Waals surface area contributed by atoms with Gasteiger partial charge >= 0.3 is 0 Å². The predicted octanol–water partition coefficient (Wildman–Crippen LogP) is 3.84. The maximum atomic E-state index is 13.3. The number of amides is 2. The van der Waals surface area contributed by atoms with Crippen LogP contribution in [0.25, 0.3) is 10.2 Å². The Morgan fingerprint density at radius 1 is 1.14 bits per heavy atom. The third-order valence-corrected chi connectivity index (χ3v) is 7.61. The smallest absolute Gasteiger partial charge is 0.262 e. The monoisotopic (exact) mass is 545 g/mol. The molecule has 1 aliphatic heterocycles. The van der Waals surface area contributed by atoms with Gasteiger partial charge < -0.3 is 15.1 Å². The molecule has 0 fully saturated rings. The maximum absolute atomic E-state index is 13.3. The Kier molecular flexibility index (Phi) is 10.3. The van der Waals surface area contributed by atoms with E-state index in [1.54, 1.807) is 4.90 Å². The van der Waals surface area contributed by atoms with Gasteiger partial charge in [0.25, 0.3) is 5.56 Å². The normalized spacial score (nSPS) is 14.7. The molecular weight excluding hydrogens is 510 g/mol. The fraction of sp³-hybridized carbons (Fsp3) is 0.481. The molecule has 0 unspecified atom stereocenters. The van der Waals surface area contributed by atoms with Crippen LogP contribution in [-0.2, 0) is 29.1 Å². The number of benzene rings is 1. The zero-order valence-electron chi connectivity index (χ0n) is 21.7. The average Bonchev–Trinajstić information content (AvgIpc) is 3.27. The molecule has 0 saturated carbocycles. The number of hydrogen-bond donors (Lipinski definition) is 1. The van der Waals surface area contributed by atoms with Gasteiger partial charge in [-0.05, 0) is 36.5 Å². The number of aryl methyl sites for hydroxylation is 1. The molecule has 0 bridgehead atoms. The van der Waals surface area contributed by atoms with E-state index in [1.807, 2.05) is 56.0 Å². The Hall–Kier alpha value is -2.75. The minimum absolute atomic E-state index is 0. The lowest BCUT2D eigenvalue weighted by molar-refractivity contribution is -0.131. The molecule has 0 saturated heterocycles. The lowest BCUT2D eigenvalue weighted by atomic mass is 10.1. The molecule has 4 rings (SSSR count). The van der Waals surface area contributed by atoms with E-state index in [0.717, 1.165) is 22.5 Å². The molecule has 37 heavy (non-hydrogen) atoms. The second-order valence-electron chi connectivity index (χ2n) is 9.65. The van der Waals surface area contributed by atoms with E-state index in [0.29, 0.717) is 55.8 Å². The van der Waals surface area contributed by atoms with Crippen molar-refractivity contribution in [2.45, 2.75) is 53.1 Å². The number of para-hydroxylation sites is 1. The quantitative estimate of drug-likeness (QED) is 0.526. The van der Waals surface area contributed by atoms with Crippen LogP contribution in [-0.4, -0.2) is 52.4 Å². The van der Waals surface area contributed by atoms with Gasteiger partial charge in [0.2, 0.25) is 11.8 Å². The Bertz CT molecular complexity index is 1290. The zero-order valence-corrected chi connectivity index (χ0v) is 23.4. The van der Waals surface area contributed by atoms with E-state index in [-0.39, 0.29) is 42.2 Å². The number of hydrogen-bond acceptors (Lipinski definition) is 6. The fourth-order valence-corrected chi connectivity index (χ4v) is 5.45. The third kappa shape index (κ3) is 6.97. The summed E-state index contributed by atoms with van der Waals surface area (Å²) >= 11 is 1.52. The van der Waals surface area contributed by atoms with Gasteiger partial charge in [0.15, 0.2) is 0 Å². The molecule has 10 heteroatoms. The number of nitrogens with one attached hydrogen (secondary N) is 1. The summed E-state index contributed by atoms with van der Waals surface area (Å²) in [5, 5.41) is 3.99. The van der Waals surface area contributed by atoms with Crippen LogP contribution in [0, 0.1) is 5.92 Å². The van der Waals surface area contributed by atoms with Crippen molar-refractivity contribution in [1.82, 2.24) is 19.8 Å². The molecular formula is C27H36ClN5O3S. The molecule has 1 aromatic carbocycles. The van der Waals surface area contributed by atoms with Crippen LogP contribution >= 0.6 is 23.7 Å². The maximum Gasteiger partial charge on any atom is 0.262 e. The topological polar surface area (TPSA) is 87.5 Å². The lowest BCUT2D eigenvalue weighted by Gasteiger charge is -2.27. The Balaban J connectivity index is 0.00000380. The predicted molar refractivity (Wildman–Crippen MR) is 152 cm³/mol. The summed E-state index contributed by atoms with van der Waals surface area (Å²) in [7, 11) is 0. The van der Waals surface area contributed by atoms with Crippen LogP contribution in [0.15, 0.2) is 41.5 Å². The van der Waals surface area contributed by atoms with Crippen LogP contribution in [0.5, 0.6) is 0 Å². The number of carbonyl (C=O) groups excluding carboxylic acids is 2. The largest absolute Gasteiger partial charge is 0.340 e. The number of thiophene rings is 1. The van der Waals surface area contributed by atoms with Crippen molar-refractivity contribution in [3.05, 3.63) is 57.5 Å². The molecule has 1 aliphatic rings. The first-order chi connectivity index (χ1) is 17.4. The van der Waals surface area contributed by atoms with Crippen LogP contribution in [0.3, 0.4) is 0 Å². The van der Waals surface area contributed by atoms with Crippen molar-refractivity contribution in [3.63, 3.8) is 0 Å². The molecule has 8 nitrogen and oxygen atoms in total. The molecule has 0 aliphatic carbocycles. The van der Waals surface area contributed by atoms with Gasteiger partial charge in [-0.2, -0.15) is 0 Å². The van der Waals surface area contributed by atoms with Crippen molar-refractivity contribution in [2.75, 3.05) is 31.1 Å². The molecule has 3 aromatic rings. The van der Waals surface area contributed by atoms with E-state index in [9.17, 15) is 14.4 Å².